The number of aromatic nitrogens is 4. The number of H-pyrrole nitrogens is 2. The van der Waals surface area contributed by atoms with Crippen molar-refractivity contribution in [2.45, 2.75) is 6.61 Å². The molecule has 3 aromatic rings. The number of nitrogens with zero attached hydrogens (tertiary/aromatic N) is 2. The molecule has 0 fully saturated rings. The monoisotopic (exact) mass is 323 g/mol. The SMILES string of the molecule is O=C(NCC#Cc1[nH]nc2nc[nH]c(=O)c12)OCc1ccccc1. The number of fused-ring (bicyclic) bond motifs is 1. The third-order valence-corrected chi connectivity index (χ3v) is 3.10. The Balaban J connectivity index is 1.54. The van der Waals surface area contributed by atoms with E-state index in [0.717, 1.165) is 5.56 Å². The van der Waals surface area contributed by atoms with Gasteiger partial charge in [-0.05, 0) is 11.5 Å². The lowest BCUT2D eigenvalue weighted by molar-refractivity contribution is 0.141. The van der Waals surface area contributed by atoms with Gasteiger partial charge >= 0.3 is 6.09 Å². The van der Waals surface area contributed by atoms with Gasteiger partial charge in [0.05, 0.1) is 12.9 Å². The quantitative estimate of drug-likeness (QED) is 0.621. The third-order valence-electron chi connectivity index (χ3n) is 3.10. The number of benzene rings is 1. The van der Waals surface area contributed by atoms with Crippen LogP contribution in [0.5, 0.6) is 0 Å². The number of alkyl carbamates (subject to hydrolysis) is 1. The first-order valence-electron chi connectivity index (χ1n) is 7.09. The molecule has 2 aromatic heterocycles. The standard InChI is InChI=1S/C16H13N5O3/c22-15-13-12(20-21-14(13)18-10-19-15)7-4-8-17-16(23)24-9-11-5-2-1-3-6-11/h1-3,5-6,10H,8-9H2,(H,17,23)(H2,18,19,20,21,22). The first-order valence-corrected chi connectivity index (χ1v) is 7.09. The van der Waals surface area contributed by atoms with Crippen molar-refractivity contribution in [2.75, 3.05) is 6.54 Å². The maximum atomic E-state index is 11.7. The lowest BCUT2D eigenvalue weighted by atomic mass is 10.2. The Morgan fingerprint density at radius 2 is 2.12 bits per heavy atom. The number of carbonyl (C=O) groups is 1. The zero-order valence-electron chi connectivity index (χ0n) is 12.5. The van der Waals surface area contributed by atoms with Crippen LogP contribution in [0.3, 0.4) is 0 Å². The van der Waals surface area contributed by atoms with Crippen LogP contribution in [-0.4, -0.2) is 32.8 Å². The molecule has 1 aromatic carbocycles. The summed E-state index contributed by atoms with van der Waals surface area (Å²) < 4.78 is 5.05. The lowest BCUT2D eigenvalue weighted by Crippen LogP contribution is -2.24. The Morgan fingerprint density at radius 1 is 1.29 bits per heavy atom. The second-order valence-corrected chi connectivity index (χ2v) is 4.75. The highest BCUT2D eigenvalue weighted by atomic mass is 16.5. The van der Waals surface area contributed by atoms with Gasteiger partial charge in [-0.15, -0.1) is 0 Å². The predicted octanol–water partition coefficient (Wildman–Crippen LogP) is 0.924. The summed E-state index contributed by atoms with van der Waals surface area (Å²) in [5.74, 6) is 5.46. The van der Waals surface area contributed by atoms with E-state index < -0.39 is 6.09 Å². The Kier molecular flexibility index (Phi) is 4.53. The number of hydrogen-bond acceptors (Lipinski definition) is 5. The van der Waals surface area contributed by atoms with E-state index in [1.807, 2.05) is 30.3 Å². The normalized spacial score (nSPS) is 10.0. The Bertz CT molecular complexity index is 966. The van der Waals surface area contributed by atoms with Crippen molar-refractivity contribution in [2.24, 2.45) is 0 Å². The Hall–Kier alpha value is -3.60. The molecule has 0 aliphatic rings. The number of carbonyl (C=O) groups excluding carboxylic acids is 1. The summed E-state index contributed by atoms with van der Waals surface area (Å²) in [4.78, 5) is 29.6. The molecule has 0 atom stereocenters. The number of ether oxygens (including phenoxy) is 1. The molecule has 0 bridgehead atoms. The van der Waals surface area contributed by atoms with Crippen LogP contribution < -0.4 is 10.9 Å². The van der Waals surface area contributed by atoms with Crippen LogP contribution in [-0.2, 0) is 11.3 Å². The lowest BCUT2D eigenvalue weighted by Gasteiger charge is -2.04. The molecule has 24 heavy (non-hydrogen) atoms. The van der Waals surface area contributed by atoms with Crippen LogP contribution in [0.2, 0.25) is 0 Å². The Morgan fingerprint density at radius 3 is 2.96 bits per heavy atom. The fourth-order valence-electron chi connectivity index (χ4n) is 1.98. The second kappa shape index (κ2) is 7.11. The van der Waals surface area contributed by atoms with Crippen LogP contribution in [0.4, 0.5) is 4.79 Å². The molecule has 8 heteroatoms. The topological polar surface area (TPSA) is 113 Å². The van der Waals surface area contributed by atoms with Gasteiger partial charge in [0.1, 0.15) is 17.7 Å². The molecule has 0 aliphatic carbocycles. The maximum absolute atomic E-state index is 11.7. The van der Waals surface area contributed by atoms with E-state index in [9.17, 15) is 9.59 Å². The molecule has 8 nitrogen and oxygen atoms in total. The third kappa shape index (κ3) is 3.59. The molecule has 0 saturated carbocycles. The van der Waals surface area contributed by atoms with Crippen molar-refractivity contribution in [1.29, 1.82) is 0 Å². The fourth-order valence-corrected chi connectivity index (χ4v) is 1.98. The molecular weight excluding hydrogens is 310 g/mol. The minimum Gasteiger partial charge on any atom is -0.445 e. The highest BCUT2D eigenvalue weighted by Crippen LogP contribution is 2.05. The van der Waals surface area contributed by atoms with Gasteiger partial charge in [0.25, 0.3) is 5.56 Å². The van der Waals surface area contributed by atoms with Gasteiger partial charge in [0, 0.05) is 0 Å². The zero-order valence-corrected chi connectivity index (χ0v) is 12.5. The number of hydrogen-bond donors (Lipinski definition) is 3. The van der Waals surface area contributed by atoms with Crippen molar-refractivity contribution < 1.29 is 9.53 Å². The van der Waals surface area contributed by atoms with Crippen LogP contribution in [0.1, 0.15) is 11.3 Å². The van der Waals surface area contributed by atoms with Crippen LogP contribution in [0, 0.1) is 11.8 Å². The molecule has 1 amide bonds. The van der Waals surface area contributed by atoms with Crippen LogP contribution in [0.15, 0.2) is 41.5 Å². The summed E-state index contributed by atoms with van der Waals surface area (Å²) in [6, 6.07) is 9.35. The van der Waals surface area contributed by atoms with E-state index in [1.54, 1.807) is 0 Å². The summed E-state index contributed by atoms with van der Waals surface area (Å²) in [5, 5.41) is 9.32. The molecule has 0 aliphatic heterocycles. The molecule has 3 N–H and O–H groups in total. The minimum atomic E-state index is -0.567. The molecule has 120 valence electrons. The maximum Gasteiger partial charge on any atom is 0.408 e. The molecular formula is C16H13N5O3. The van der Waals surface area contributed by atoms with Crippen molar-refractivity contribution in [3.8, 4) is 11.8 Å². The fraction of sp³-hybridized carbons (Fsp3) is 0.125. The van der Waals surface area contributed by atoms with Gasteiger partial charge in [-0.2, -0.15) is 5.10 Å². The first kappa shape index (κ1) is 15.3. The summed E-state index contributed by atoms with van der Waals surface area (Å²) in [5.41, 5.74) is 1.21. The van der Waals surface area contributed by atoms with Gasteiger partial charge in [0.15, 0.2) is 5.65 Å². The average Bonchev–Trinajstić information content (AvgIpc) is 3.02. The molecule has 0 radical (unpaired) electrons. The van der Waals surface area contributed by atoms with Crippen molar-refractivity contribution in [3.05, 3.63) is 58.3 Å². The van der Waals surface area contributed by atoms with E-state index in [0.29, 0.717) is 11.3 Å². The van der Waals surface area contributed by atoms with E-state index >= 15 is 0 Å². The van der Waals surface area contributed by atoms with Gasteiger partial charge in [-0.1, -0.05) is 36.3 Å². The first-order chi connectivity index (χ1) is 11.7. The second-order valence-electron chi connectivity index (χ2n) is 4.75. The van der Waals surface area contributed by atoms with E-state index in [1.165, 1.54) is 6.33 Å². The molecule has 0 saturated heterocycles. The minimum absolute atomic E-state index is 0.0757. The molecule has 2 heterocycles. The van der Waals surface area contributed by atoms with Crippen molar-refractivity contribution in [3.63, 3.8) is 0 Å². The number of aromatic amines is 2. The van der Waals surface area contributed by atoms with Crippen molar-refractivity contribution in [1.82, 2.24) is 25.5 Å². The number of amides is 1. The van der Waals surface area contributed by atoms with Gasteiger partial charge in [0.2, 0.25) is 0 Å². The Labute approximate surface area is 136 Å². The van der Waals surface area contributed by atoms with Gasteiger partial charge in [-0.3, -0.25) is 9.89 Å². The van der Waals surface area contributed by atoms with Gasteiger partial charge < -0.3 is 15.0 Å². The highest BCUT2D eigenvalue weighted by molar-refractivity contribution is 5.79. The van der Waals surface area contributed by atoms with E-state index in [2.05, 4.69) is 37.3 Å². The van der Waals surface area contributed by atoms with Crippen LogP contribution >= 0.6 is 0 Å². The van der Waals surface area contributed by atoms with Gasteiger partial charge in [-0.25, -0.2) is 9.78 Å². The predicted molar refractivity (Wildman–Crippen MR) is 86.0 cm³/mol. The number of nitrogens with one attached hydrogen (secondary N) is 3. The summed E-state index contributed by atoms with van der Waals surface area (Å²) in [7, 11) is 0. The zero-order chi connectivity index (χ0) is 16.8. The van der Waals surface area contributed by atoms with Crippen LogP contribution in [0.25, 0.3) is 11.0 Å². The number of rotatable bonds is 3. The summed E-state index contributed by atoms with van der Waals surface area (Å²) in [6.45, 7) is 0.263. The largest absolute Gasteiger partial charge is 0.445 e. The smallest absolute Gasteiger partial charge is 0.408 e. The molecule has 0 spiro atoms. The summed E-state index contributed by atoms with van der Waals surface area (Å²) in [6.07, 6.45) is 0.703. The summed E-state index contributed by atoms with van der Waals surface area (Å²) >= 11 is 0. The van der Waals surface area contributed by atoms with E-state index in [-0.39, 0.29) is 24.1 Å². The van der Waals surface area contributed by atoms with E-state index in [4.69, 9.17) is 4.74 Å². The highest BCUT2D eigenvalue weighted by Gasteiger charge is 2.07. The average molecular weight is 323 g/mol. The van der Waals surface area contributed by atoms with Crippen molar-refractivity contribution >= 4 is 17.1 Å². The molecule has 3 rings (SSSR count). The molecule has 0 unspecified atom stereocenters.